The Morgan fingerprint density at radius 2 is 2.10 bits per heavy atom. The van der Waals surface area contributed by atoms with Gasteiger partial charge in [-0.2, -0.15) is 0 Å². The number of benzene rings is 1. The van der Waals surface area contributed by atoms with Crippen LogP contribution in [0.2, 0.25) is 0 Å². The average Bonchev–Trinajstić information content (AvgIpc) is 2.91. The van der Waals surface area contributed by atoms with E-state index in [0.717, 1.165) is 28.1 Å². The molecule has 0 saturated carbocycles. The van der Waals surface area contributed by atoms with E-state index in [9.17, 15) is 0 Å². The number of hydrogen-bond acceptors (Lipinski definition) is 3. The van der Waals surface area contributed by atoms with E-state index in [-0.39, 0.29) is 0 Å². The number of hydrogen-bond donors (Lipinski definition) is 0. The lowest BCUT2D eigenvalue weighted by Gasteiger charge is -2.19. The summed E-state index contributed by atoms with van der Waals surface area (Å²) in [6.07, 6.45) is 3.75. The lowest BCUT2D eigenvalue weighted by atomic mass is 10.1. The van der Waals surface area contributed by atoms with Gasteiger partial charge in [0, 0.05) is 37.8 Å². The number of fused-ring (bicyclic) bond motifs is 1. The van der Waals surface area contributed by atoms with Crippen molar-refractivity contribution in [1.29, 1.82) is 0 Å². The Morgan fingerprint density at radius 1 is 1.29 bits per heavy atom. The Kier molecular flexibility index (Phi) is 3.80. The second-order valence-corrected chi connectivity index (χ2v) is 5.37. The molecule has 1 aromatic carbocycles. The quantitative estimate of drug-likeness (QED) is 0.693. The number of aryl methyl sites for hydroxylation is 1. The topological polar surface area (TPSA) is 34.0 Å². The van der Waals surface area contributed by atoms with Crippen LogP contribution >= 0.6 is 11.6 Å². The molecule has 0 radical (unpaired) electrons. The van der Waals surface area contributed by atoms with Gasteiger partial charge in [0.1, 0.15) is 11.6 Å². The highest BCUT2D eigenvalue weighted by Crippen LogP contribution is 2.24. The Hall–Kier alpha value is -2.07. The van der Waals surface area contributed by atoms with E-state index in [1.54, 1.807) is 6.20 Å². The Bertz CT molecular complexity index is 766. The van der Waals surface area contributed by atoms with Crippen LogP contribution in [0.4, 0.5) is 5.82 Å². The lowest BCUT2D eigenvalue weighted by molar-refractivity contribution is 0.756. The van der Waals surface area contributed by atoms with Gasteiger partial charge in [0.25, 0.3) is 0 Å². The normalized spacial score (nSPS) is 11.0. The van der Waals surface area contributed by atoms with Crippen LogP contribution in [-0.2, 0) is 19.5 Å². The molecule has 21 heavy (non-hydrogen) atoms. The van der Waals surface area contributed by atoms with Gasteiger partial charge in [-0.05, 0) is 17.7 Å². The van der Waals surface area contributed by atoms with Crippen molar-refractivity contribution in [3.05, 3.63) is 54.1 Å². The van der Waals surface area contributed by atoms with E-state index in [2.05, 4.69) is 22.0 Å². The molecule has 2 heterocycles. The van der Waals surface area contributed by atoms with Crippen LogP contribution in [0.15, 0.2) is 42.7 Å². The van der Waals surface area contributed by atoms with Gasteiger partial charge < -0.3 is 9.47 Å². The molecule has 3 rings (SSSR count). The first kappa shape index (κ1) is 13.9. The predicted octanol–water partition coefficient (Wildman–Crippen LogP) is 3.34. The minimum Gasteiger partial charge on any atom is -0.352 e. The van der Waals surface area contributed by atoms with Gasteiger partial charge in [-0.1, -0.05) is 18.2 Å². The number of aromatic nitrogens is 3. The summed E-state index contributed by atoms with van der Waals surface area (Å²) in [5.41, 5.74) is 2.07. The maximum absolute atomic E-state index is 6.09. The second-order valence-electron chi connectivity index (χ2n) is 5.10. The largest absolute Gasteiger partial charge is 0.352 e. The van der Waals surface area contributed by atoms with Crippen molar-refractivity contribution < 1.29 is 0 Å². The number of rotatable bonds is 4. The number of pyridine rings is 1. The highest BCUT2D eigenvalue weighted by molar-refractivity contribution is 6.18. The molecule has 0 fully saturated rings. The number of alkyl halides is 1. The maximum Gasteiger partial charge on any atom is 0.129 e. The SMILES string of the molecule is CN(Cc1nccn1C)c1cc(CCl)c2ccccc2n1. The zero-order valence-corrected chi connectivity index (χ0v) is 12.9. The molecule has 3 aromatic rings. The van der Waals surface area contributed by atoms with Crippen LogP contribution in [0.5, 0.6) is 0 Å². The van der Waals surface area contributed by atoms with Crippen LogP contribution in [0.3, 0.4) is 0 Å². The number of halogens is 1. The first-order valence-corrected chi connectivity index (χ1v) is 7.34. The van der Waals surface area contributed by atoms with Gasteiger partial charge in [0.15, 0.2) is 0 Å². The molecule has 0 bridgehead atoms. The van der Waals surface area contributed by atoms with Crippen molar-refractivity contribution >= 4 is 28.3 Å². The highest BCUT2D eigenvalue weighted by atomic mass is 35.5. The minimum atomic E-state index is 0.478. The molecular formula is C16H17ClN4. The van der Waals surface area contributed by atoms with E-state index in [4.69, 9.17) is 16.6 Å². The van der Waals surface area contributed by atoms with Crippen molar-refractivity contribution in [1.82, 2.24) is 14.5 Å². The van der Waals surface area contributed by atoms with Gasteiger partial charge in [-0.25, -0.2) is 9.97 Å². The Morgan fingerprint density at radius 3 is 2.81 bits per heavy atom. The molecule has 108 valence electrons. The third-order valence-corrected chi connectivity index (χ3v) is 3.91. The third kappa shape index (κ3) is 2.72. The van der Waals surface area contributed by atoms with Crippen LogP contribution in [-0.4, -0.2) is 21.6 Å². The van der Waals surface area contributed by atoms with Crippen molar-refractivity contribution in [3.63, 3.8) is 0 Å². The van der Waals surface area contributed by atoms with Gasteiger partial charge in [-0.15, -0.1) is 11.6 Å². The van der Waals surface area contributed by atoms with Crippen LogP contribution in [0, 0.1) is 0 Å². The fraction of sp³-hybridized carbons (Fsp3) is 0.250. The fourth-order valence-electron chi connectivity index (χ4n) is 2.38. The van der Waals surface area contributed by atoms with Crippen molar-refractivity contribution in [2.75, 3.05) is 11.9 Å². The van der Waals surface area contributed by atoms with Crippen molar-refractivity contribution in [3.8, 4) is 0 Å². The fourth-order valence-corrected chi connectivity index (χ4v) is 2.60. The molecule has 2 aromatic heterocycles. The smallest absolute Gasteiger partial charge is 0.129 e. The van der Waals surface area contributed by atoms with Gasteiger partial charge in [-0.3, -0.25) is 0 Å². The summed E-state index contributed by atoms with van der Waals surface area (Å²) in [4.78, 5) is 11.2. The molecule has 0 unspecified atom stereocenters. The Balaban J connectivity index is 1.98. The van der Waals surface area contributed by atoms with Crippen molar-refractivity contribution in [2.24, 2.45) is 7.05 Å². The second kappa shape index (κ2) is 5.74. The van der Waals surface area contributed by atoms with E-state index in [1.807, 2.05) is 43.1 Å². The minimum absolute atomic E-state index is 0.478. The number of nitrogens with zero attached hydrogens (tertiary/aromatic N) is 4. The zero-order chi connectivity index (χ0) is 14.8. The summed E-state index contributed by atoms with van der Waals surface area (Å²) in [7, 11) is 4.01. The summed E-state index contributed by atoms with van der Waals surface area (Å²) in [6.45, 7) is 0.705. The molecule has 0 amide bonds. The highest BCUT2D eigenvalue weighted by Gasteiger charge is 2.10. The molecule has 0 N–H and O–H groups in total. The van der Waals surface area contributed by atoms with E-state index >= 15 is 0 Å². The third-order valence-electron chi connectivity index (χ3n) is 3.62. The molecule has 0 atom stereocenters. The maximum atomic E-state index is 6.09. The predicted molar refractivity (Wildman–Crippen MR) is 86.6 cm³/mol. The van der Waals surface area contributed by atoms with E-state index in [1.165, 1.54) is 0 Å². The average molecular weight is 301 g/mol. The number of imidazole rings is 1. The van der Waals surface area contributed by atoms with Gasteiger partial charge in [0.2, 0.25) is 0 Å². The number of para-hydroxylation sites is 1. The summed E-state index contributed by atoms with van der Waals surface area (Å²) in [5, 5.41) is 1.11. The first-order chi connectivity index (χ1) is 10.2. The van der Waals surface area contributed by atoms with Crippen molar-refractivity contribution in [2.45, 2.75) is 12.4 Å². The molecule has 0 aliphatic carbocycles. The zero-order valence-electron chi connectivity index (χ0n) is 12.1. The molecule has 0 aliphatic heterocycles. The number of anilines is 1. The monoisotopic (exact) mass is 300 g/mol. The van der Waals surface area contributed by atoms with E-state index in [0.29, 0.717) is 12.4 Å². The summed E-state index contributed by atoms with van der Waals surface area (Å²) in [5.74, 6) is 2.39. The van der Waals surface area contributed by atoms with Gasteiger partial charge >= 0.3 is 0 Å². The summed E-state index contributed by atoms with van der Waals surface area (Å²) in [6, 6.07) is 10.1. The Labute approximate surface area is 129 Å². The van der Waals surface area contributed by atoms with E-state index < -0.39 is 0 Å². The molecular weight excluding hydrogens is 284 g/mol. The molecule has 0 aliphatic rings. The summed E-state index contributed by atoms with van der Waals surface area (Å²) < 4.78 is 2.01. The lowest BCUT2D eigenvalue weighted by Crippen LogP contribution is -2.20. The van der Waals surface area contributed by atoms with Crippen LogP contribution < -0.4 is 4.90 Å². The summed E-state index contributed by atoms with van der Waals surface area (Å²) >= 11 is 6.09. The molecule has 0 spiro atoms. The van der Waals surface area contributed by atoms with Crippen LogP contribution in [0.25, 0.3) is 10.9 Å². The molecule has 4 nitrogen and oxygen atoms in total. The van der Waals surface area contributed by atoms with Crippen LogP contribution in [0.1, 0.15) is 11.4 Å². The molecule has 0 saturated heterocycles. The standard InChI is InChI=1S/C16H17ClN4/c1-20-8-7-18-16(20)11-21(2)15-9-12(10-17)13-5-3-4-6-14(13)19-15/h3-9H,10-11H2,1-2H3. The van der Waals surface area contributed by atoms with Gasteiger partial charge in [0.05, 0.1) is 12.1 Å². The first-order valence-electron chi connectivity index (χ1n) is 6.81. The molecule has 5 heteroatoms.